The van der Waals surface area contributed by atoms with Crippen LogP contribution in [-0.2, 0) is 14.6 Å². The van der Waals surface area contributed by atoms with E-state index in [4.69, 9.17) is 4.74 Å². The second-order valence-corrected chi connectivity index (χ2v) is 10.2. The molecule has 2 rings (SSSR count). The van der Waals surface area contributed by atoms with Gasteiger partial charge in [-0.25, -0.2) is 8.42 Å². The van der Waals surface area contributed by atoms with Crippen LogP contribution in [0.3, 0.4) is 0 Å². The lowest BCUT2D eigenvalue weighted by atomic mass is 9.98. The Labute approximate surface area is 153 Å². The average Bonchev–Trinajstić information content (AvgIpc) is 2.61. The summed E-state index contributed by atoms with van der Waals surface area (Å²) in [5.41, 5.74) is 0. The molecule has 1 aromatic carbocycles. The van der Waals surface area contributed by atoms with Gasteiger partial charge in [0.15, 0.2) is 9.84 Å². The molecule has 1 aliphatic rings. The molecule has 5 heteroatoms. The third-order valence-corrected chi connectivity index (χ3v) is 7.75. The summed E-state index contributed by atoms with van der Waals surface area (Å²) in [6.07, 6.45) is 4.03. The van der Waals surface area contributed by atoms with Crippen molar-refractivity contribution in [2.75, 3.05) is 32.8 Å². The topological polar surface area (TPSA) is 46.6 Å². The van der Waals surface area contributed by atoms with Gasteiger partial charge in [0.25, 0.3) is 0 Å². The van der Waals surface area contributed by atoms with Crippen molar-refractivity contribution < 1.29 is 13.2 Å². The molecule has 25 heavy (non-hydrogen) atoms. The van der Waals surface area contributed by atoms with Crippen molar-refractivity contribution in [2.45, 2.75) is 56.1 Å². The maximum Gasteiger partial charge on any atom is 0.183 e. The molecule has 0 N–H and O–H groups in total. The van der Waals surface area contributed by atoms with E-state index in [0.29, 0.717) is 17.2 Å². The Balaban J connectivity index is 1.85. The van der Waals surface area contributed by atoms with E-state index in [2.05, 4.69) is 4.90 Å². The second-order valence-electron chi connectivity index (χ2n) is 7.65. The maximum atomic E-state index is 12.9. The van der Waals surface area contributed by atoms with E-state index < -0.39 is 14.6 Å². The molecule has 0 aromatic heterocycles. The number of hydrogen-bond donors (Lipinski definition) is 0. The summed E-state index contributed by atoms with van der Waals surface area (Å²) in [5.74, 6) is 0.620. The summed E-state index contributed by atoms with van der Waals surface area (Å²) < 4.78 is 30.6. The monoisotopic (exact) mass is 367 g/mol. The number of ether oxygens (including phenoxy) is 1. The van der Waals surface area contributed by atoms with Gasteiger partial charge in [-0.15, -0.1) is 0 Å². The molecule has 1 saturated heterocycles. The van der Waals surface area contributed by atoms with Gasteiger partial charge in [-0.2, -0.15) is 0 Å². The van der Waals surface area contributed by atoms with Crippen LogP contribution in [0.1, 0.15) is 46.5 Å². The minimum absolute atomic E-state index is 0.426. The van der Waals surface area contributed by atoms with E-state index in [0.717, 1.165) is 39.3 Å². The number of nitrogens with zero attached hydrogens (tertiary/aromatic N) is 1. The highest BCUT2D eigenvalue weighted by molar-refractivity contribution is 7.92. The zero-order valence-electron chi connectivity index (χ0n) is 15.9. The highest BCUT2D eigenvalue weighted by Gasteiger charge is 2.35. The zero-order chi connectivity index (χ0) is 18.3. The van der Waals surface area contributed by atoms with Gasteiger partial charge in [0.1, 0.15) is 0 Å². The first-order valence-corrected chi connectivity index (χ1v) is 10.9. The summed E-state index contributed by atoms with van der Waals surface area (Å²) in [6, 6.07) is 8.81. The van der Waals surface area contributed by atoms with Crippen LogP contribution in [0, 0.1) is 5.92 Å². The minimum Gasteiger partial charge on any atom is -0.381 e. The first kappa shape index (κ1) is 20.4. The normalized spacial score (nSPS) is 19.9. The van der Waals surface area contributed by atoms with Crippen molar-refractivity contribution in [1.82, 2.24) is 4.90 Å². The highest BCUT2D eigenvalue weighted by atomic mass is 32.2. The summed E-state index contributed by atoms with van der Waals surface area (Å²) >= 11 is 0. The molecule has 0 saturated carbocycles. The molecule has 1 heterocycles. The van der Waals surface area contributed by atoms with Crippen LogP contribution >= 0.6 is 0 Å². The zero-order valence-corrected chi connectivity index (χ0v) is 16.7. The van der Waals surface area contributed by atoms with Crippen molar-refractivity contribution in [3.8, 4) is 0 Å². The van der Waals surface area contributed by atoms with Crippen molar-refractivity contribution in [2.24, 2.45) is 5.92 Å². The Morgan fingerprint density at radius 3 is 2.64 bits per heavy atom. The Morgan fingerprint density at radius 1 is 1.24 bits per heavy atom. The van der Waals surface area contributed by atoms with Crippen molar-refractivity contribution in [1.29, 1.82) is 0 Å². The predicted octanol–water partition coefficient (Wildman–Crippen LogP) is 3.77. The Hall–Kier alpha value is -0.910. The lowest BCUT2D eigenvalue weighted by Gasteiger charge is -2.33. The highest BCUT2D eigenvalue weighted by Crippen LogP contribution is 2.29. The standard InChI is InChI=1S/C20H33NO3S/c1-4-24-17-18-10-8-14-21(16-18)15-9-13-20(2,3)25(22,23)19-11-6-5-7-12-19/h5-7,11-12,18H,4,8-10,13-17H2,1-3H3. The van der Waals surface area contributed by atoms with Gasteiger partial charge < -0.3 is 9.64 Å². The molecule has 0 spiro atoms. The molecule has 1 aromatic rings. The molecule has 1 atom stereocenters. The maximum absolute atomic E-state index is 12.9. The van der Waals surface area contributed by atoms with Crippen LogP contribution in [0.4, 0.5) is 0 Å². The van der Waals surface area contributed by atoms with Crippen LogP contribution in [0.5, 0.6) is 0 Å². The van der Waals surface area contributed by atoms with Crippen molar-refractivity contribution in [3.05, 3.63) is 30.3 Å². The van der Waals surface area contributed by atoms with Gasteiger partial charge in [-0.3, -0.25) is 0 Å². The Kier molecular flexibility index (Phi) is 7.47. The van der Waals surface area contributed by atoms with Crippen LogP contribution in [0.25, 0.3) is 0 Å². The molecule has 1 aliphatic heterocycles. The van der Waals surface area contributed by atoms with E-state index in [1.165, 1.54) is 12.8 Å². The first-order valence-electron chi connectivity index (χ1n) is 9.46. The molecule has 0 bridgehead atoms. The lowest BCUT2D eigenvalue weighted by molar-refractivity contribution is 0.0664. The number of rotatable bonds is 9. The lowest BCUT2D eigenvalue weighted by Crippen LogP contribution is -2.39. The number of likely N-dealkylation sites (tertiary alicyclic amines) is 1. The van der Waals surface area contributed by atoms with Crippen LogP contribution < -0.4 is 0 Å². The number of benzene rings is 1. The van der Waals surface area contributed by atoms with Gasteiger partial charge in [0.2, 0.25) is 0 Å². The quantitative estimate of drug-likeness (QED) is 0.666. The molecule has 142 valence electrons. The molecule has 0 aliphatic carbocycles. The summed E-state index contributed by atoms with van der Waals surface area (Å²) in [4.78, 5) is 2.90. The first-order chi connectivity index (χ1) is 11.9. The average molecular weight is 368 g/mol. The van der Waals surface area contributed by atoms with Crippen molar-refractivity contribution >= 4 is 9.84 Å². The van der Waals surface area contributed by atoms with E-state index in [9.17, 15) is 8.42 Å². The molecule has 1 fully saturated rings. The molecule has 4 nitrogen and oxygen atoms in total. The van der Waals surface area contributed by atoms with Gasteiger partial charge in [-0.05, 0) is 77.6 Å². The van der Waals surface area contributed by atoms with E-state index in [-0.39, 0.29) is 0 Å². The van der Waals surface area contributed by atoms with Crippen LogP contribution in [0.15, 0.2) is 35.2 Å². The van der Waals surface area contributed by atoms with Crippen LogP contribution in [0.2, 0.25) is 0 Å². The third kappa shape index (κ3) is 5.53. The fourth-order valence-electron chi connectivity index (χ4n) is 3.56. The minimum atomic E-state index is -3.30. The number of hydrogen-bond acceptors (Lipinski definition) is 4. The summed E-state index contributed by atoms with van der Waals surface area (Å²) in [5, 5.41) is 0. The fraction of sp³-hybridized carbons (Fsp3) is 0.700. The van der Waals surface area contributed by atoms with Gasteiger partial charge in [-0.1, -0.05) is 18.2 Å². The molecule has 1 unspecified atom stereocenters. The van der Waals surface area contributed by atoms with E-state index in [1.807, 2.05) is 26.8 Å². The van der Waals surface area contributed by atoms with Crippen molar-refractivity contribution in [3.63, 3.8) is 0 Å². The molecule has 0 amide bonds. The molecular weight excluding hydrogens is 334 g/mol. The van der Waals surface area contributed by atoms with Crippen LogP contribution in [-0.4, -0.2) is 50.9 Å². The largest absolute Gasteiger partial charge is 0.381 e. The number of sulfone groups is 1. The third-order valence-electron chi connectivity index (χ3n) is 5.19. The van der Waals surface area contributed by atoms with Gasteiger partial charge in [0, 0.05) is 13.2 Å². The Bertz CT molecular complexity index is 613. The smallest absolute Gasteiger partial charge is 0.183 e. The Morgan fingerprint density at radius 2 is 1.96 bits per heavy atom. The fourth-order valence-corrected chi connectivity index (χ4v) is 5.12. The summed E-state index contributed by atoms with van der Waals surface area (Å²) in [6.45, 7) is 10.5. The van der Waals surface area contributed by atoms with E-state index >= 15 is 0 Å². The van der Waals surface area contributed by atoms with E-state index in [1.54, 1.807) is 24.3 Å². The molecular formula is C20H33NO3S. The second kappa shape index (κ2) is 9.15. The summed E-state index contributed by atoms with van der Waals surface area (Å²) in [7, 11) is -3.30. The predicted molar refractivity (Wildman–Crippen MR) is 103 cm³/mol. The van der Waals surface area contributed by atoms with Gasteiger partial charge >= 0.3 is 0 Å². The van der Waals surface area contributed by atoms with Gasteiger partial charge in [0.05, 0.1) is 16.2 Å². The molecule has 0 radical (unpaired) electrons. The SMILES string of the molecule is CCOCC1CCCN(CCCC(C)(C)S(=O)(=O)c2ccccc2)C1. The number of piperidine rings is 1.